The minimum atomic E-state index is -1.17. The number of unbranched alkanes of at least 4 members (excludes halogenated alkanes) is 36. The molecule has 0 aromatic carbocycles. The highest BCUT2D eigenvalue weighted by atomic mass is 16.3. The molecular formula is C56H107NO4. The Kier molecular flexibility index (Phi) is 50.0. The lowest BCUT2D eigenvalue weighted by atomic mass is 10.0. The van der Waals surface area contributed by atoms with Crippen LogP contribution in [0.25, 0.3) is 0 Å². The number of allylic oxidation sites excluding steroid dienone is 6. The second-order valence-electron chi connectivity index (χ2n) is 18.8. The van der Waals surface area contributed by atoms with E-state index in [1.54, 1.807) is 0 Å². The van der Waals surface area contributed by atoms with Crippen LogP contribution < -0.4 is 5.32 Å². The molecule has 0 aromatic heterocycles. The molecule has 3 atom stereocenters. The van der Waals surface area contributed by atoms with Crippen LogP contribution in [-0.2, 0) is 4.79 Å². The van der Waals surface area contributed by atoms with Crippen LogP contribution in [0.2, 0.25) is 0 Å². The van der Waals surface area contributed by atoms with Gasteiger partial charge in [-0.1, -0.05) is 243 Å². The SMILES string of the molecule is CCCCCCCCCCCCC/C=C/CC/C=C/CCCC(O)C(O)C(CO)NC(=O)CCCCCCCCCCCCC/C=C\CCCCCCCCCCCCCC. The lowest BCUT2D eigenvalue weighted by Gasteiger charge is -2.26. The van der Waals surface area contributed by atoms with E-state index in [4.69, 9.17) is 0 Å². The first kappa shape index (κ1) is 59.6. The van der Waals surface area contributed by atoms with Crippen molar-refractivity contribution in [3.8, 4) is 0 Å². The van der Waals surface area contributed by atoms with Crippen LogP contribution in [0.15, 0.2) is 36.5 Å². The summed E-state index contributed by atoms with van der Waals surface area (Å²) in [6.07, 6.45) is 65.8. The average molecular weight is 858 g/mol. The fourth-order valence-corrected chi connectivity index (χ4v) is 8.47. The second-order valence-corrected chi connectivity index (χ2v) is 18.8. The van der Waals surface area contributed by atoms with E-state index in [0.717, 1.165) is 44.9 Å². The predicted molar refractivity (Wildman–Crippen MR) is 268 cm³/mol. The summed E-state index contributed by atoms with van der Waals surface area (Å²) in [5, 5.41) is 33.7. The molecule has 0 aliphatic heterocycles. The molecule has 360 valence electrons. The van der Waals surface area contributed by atoms with Crippen LogP contribution in [0.3, 0.4) is 0 Å². The average Bonchev–Trinajstić information content (AvgIpc) is 3.26. The van der Waals surface area contributed by atoms with Gasteiger partial charge in [-0.2, -0.15) is 0 Å². The topological polar surface area (TPSA) is 89.8 Å². The van der Waals surface area contributed by atoms with Crippen molar-refractivity contribution >= 4 is 5.91 Å². The number of amides is 1. The van der Waals surface area contributed by atoms with Gasteiger partial charge in [0.25, 0.3) is 0 Å². The summed E-state index contributed by atoms with van der Waals surface area (Å²) >= 11 is 0. The van der Waals surface area contributed by atoms with E-state index < -0.39 is 18.2 Å². The molecule has 0 fully saturated rings. The van der Waals surface area contributed by atoms with Crippen LogP contribution in [0.5, 0.6) is 0 Å². The summed E-state index contributed by atoms with van der Waals surface area (Å²) in [5.74, 6) is -0.156. The minimum Gasteiger partial charge on any atom is -0.394 e. The first-order valence-electron chi connectivity index (χ1n) is 27.3. The second kappa shape index (κ2) is 51.2. The lowest BCUT2D eigenvalue weighted by Crippen LogP contribution is -2.50. The number of aliphatic hydroxyl groups excluding tert-OH is 3. The Labute approximate surface area is 381 Å². The van der Waals surface area contributed by atoms with Crippen molar-refractivity contribution in [3.05, 3.63) is 36.5 Å². The lowest BCUT2D eigenvalue weighted by molar-refractivity contribution is -0.124. The molecule has 5 heteroatoms. The molecule has 0 aliphatic carbocycles. The van der Waals surface area contributed by atoms with Crippen molar-refractivity contribution in [2.75, 3.05) is 6.61 Å². The molecule has 0 saturated carbocycles. The van der Waals surface area contributed by atoms with Gasteiger partial charge in [-0.3, -0.25) is 4.79 Å². The Bertz CT molecular complexity index is 947. The molecule has 4 N–H and O–H groups in total. The fraction of sp³-hybridized carbons (Fsp3) is 0.875. The molecule has 0 aromatic rings. The van der Waals surface area contributed by atoms with Gasteiger partial charge in [-0.05, 0) is 77.0 Å². The van der Waals surface area contributed by atoms with E-state index in [-0.39, 0.29) is 12.5 Å². The molecule has 5 nitrogen and oxygen atoms in total. The van der Waals surface area contributed by atoms with Crippen molar-refractivity contribution in [2.24, 2.45) is 0 Å². The molecule has 0 aliphatic rings. The highest BCUT2D eigenvalue weighted by Gasteiger charge is 2.26. The maximum Gasteiger partial charge on any atom is 0.220 e. The number of aliphatic hydroxyl groups is 3. The quantitative estimate of drug-likeness (QED) is 0.0362. The summed E-state index contributed by atoms with van der Waals surface area (Å²) in [6.45, 7) is 4.19. The Morgan fingerprint density at radius 2 is 0.672 bits per heavy atom. The summed E-state index contributed by atoms with van der Waals surface area (Å²) in [5.41, 5.74) is 0. The fourth-order valence-electron chi connectivity index (χ4n) is 8.47. The number of hydrogen-bond acceptors (Lipinski definition) is 4. The van der Waals surface area contributed by atoms with E-state index >= 15 is 0 Å². The zero-order valence-electron chi connectivity index (χ0n) is 41.1. The molecule has 1 amide bonds. The van der Waals surface area contributed by atoms with Crippen molar-refractivity contribution in [2.45, 2.75) is 308 Å². The molecule has 0 radical (unpaired) electrons. The molecule has 3 unspecified atom stereocenters. The van der Waals surface area contributed by atoms with Gasteiger partial charge in [0, 0.05) is 6.42 Å². The Balaban J connectivity index is 3.59. The third-order valence-corrected chi connectivity index (χ3v) is 12.7. The van der Waals surface area contributed by atoms with Crippen LogP contribution in [0.4, 0.5) is 0 Å². The van der Waals surface area contributed by atoms with Gasteiger partial charge in [0.05, 0.1) is 18.8 Å². The van der Waals surface area contributed by atoms with E-state index in [1.807, 2.05) is 0 Å². The van der Waals surface area contributed by atoms with Crippen LogP contribution >= 0.6 is 0 Å². The van der Waals surface area contributed by atoms with E-state index in [0.29, 0.717) is 12.8 Å². The van der Waals surface area contributed by atoms with E-state index in [2.05, 4.69) is 55.6 Å². The Hall–Kier alpha value is -1.43. The maximum absolute atomic E-state index is 12.5. The number of carbonyl (C=O) groups excluding carboxylic acids is 1. The molecule has 0 rings (SSSR count). The van der Waals surface area contributed by atoms with E-state index in [9.17, 15) is 20.1 Å². The molecule has 0 saturated heterocycles. The largest absolute Gasteiger partial charge is 0.394 e. The maximum atomic E-state index is 12.5. The van der Waals surface area contributed by atoms with Gasteiger partial charge < -0.3 is 20.6 Å². The minimum absolute atomic E-state index is 0.156. The molecule has 61 heavy (non-hydrogen) atoms. The van der Waals surface area contributed by atoms with Gasteiger partial charge in [0.1, 0.15) is 6.10 Å². The molecule has 0 bridgehead atoms. The van der Waals surface area contributed by atoms with Gasteiger partial charge in [-0.25, -0.2) is 0 Å². The van der Waals surface area contributed by atoms with Gasteiger partial charge in [0.2, 0.25) is 5.91 Å². The van der Waals surface area contributed by atoms with Gasteiger partial charge >= 0.3 is 0 Å². The van der Waals surface area contributed by atoms with Gasteiger partial charge in [-0.15, -0.1) is 0 Å². The summed E-state index contributed by atoms with van der Waals surface area (Å²) in [4.78, 5) is 12.5. The monoisotopic (exact) mass is 858 g/mol. The highest BCUT2D eigenvalue weighted by molar-refractivity contribution is 5.76. The number of rotatable bonds is 50. The van der Waals surface area contributed by atoms with Crippen molar-refractivity contribution in [1.82, 2.24) is 5.32 Å². The van der Waals surface area contributed by atoms with Crippen LogP contribution in [-0.4, -0.2) is 46.1 Å². The van der Waals surface area contributed by atoms with Crippen molar-refractivity contribution < 1.29 is 20.1 Å². The third kappa shape index (κ3) is 46.4. The normalized spacial score (nSPS) is 13.6. The number of hydrogen-bond donors (Lipinski definition) is 4. The number of carbonyl (C=O) groups is 1. The van der Waals surface area contributed by atoms with Crippen molar-refractivity contribution in [3.63, 3.8) is 0 Å². The number of nitrogens with one attached hydrogen (secondary N) is 1. The summed E-state index contributed by atoms with van der Waals surface area (Å²) in [7, 11) is 0. The predicted octanol–water partition coefficient (Wildman–Crippen LogP) is 16.7. The third-order valence-electron chi connectivity index (χ3n) is 12.7. The summed E-state index contributed by atoms with van der Waals surface area (Å²) in [6, 6.07) is -0.833. The van der Waals surface area contributed by atoms with E-state index in [1.165, 1.54) is 218 Å². The zero-order valence-corrected chi connectivity index (χ0v) is 41.1. The first-order valence-corrected chi connectivity index (χ1v) is 27.3. The highest BCUT2D eigenvalue weighted by Crippen LogP contribution is 2.16. The summed E-state index contributed by atoms with van der Waals surface area (Å²) < 4.78 is 0. The molecular weight excluding hydrogens is 751 g/mol. The smallest absolute Gasteiger partial charge is 0.220 e. The van der Waals surface area contributed by atoms with Gasteiger partial charge in [0.15, 0.2) is 0 Å². The Morgan fingerprint density at radius 3 is 1.00 bits per heavy atom. The first-order chi connectivity index (χ1) is 30.1. The Morgan fingerprint density at radius 1 is 0.393 bits per heavy atom. The molecule has 0 spiro atoms. The van der Waals surface area contributed by atoms with Crippen LogP contribution in [0.1, 0.15) is 290 Å². The standard InChI is InChI=1S/C56H107NO4/c1-3-5-7-9-11-13-15-17-19-21-23-25-26-27-28-29-30-31-33-35-37-39-41-43-45-47-49-51-55(60)57-53(52-58)56(61)54(59)50-48-46-44-42-40-38-36-34-32-24-22-20-18-16-14-12-10-8-6-4-2/h27-28,34,36,42,44,53-54,56,58-59,61H,3-26,29-33,35,37-41,43,45-52H2,1-2H3,(H,57,60)/b28-27-,36-34+,44-42+. The van der Waals surface area contributed by atoms with Crippen LogP contribution in [0, 0.1) is 0 Å². The molecule has 0 heterocycles. The van der Waals surface area contributed by atoms with Crippen molar-refractivity contribution in [1.29, 1.82) is 0 Å². The zero-order chi connectivity index (χ0) is 44.4.